The first kappa shape index (κ1) is 21.6. The van der Waals surface area contributed by atoms with Crippen LogP contribution in [0.5, 0.6) is 0 Å². The number of halogens is 1. The van der Waals surface area contributed by atoms with Gasteiger partial charge in [0.1, 0.15) is 5.82 Å². The number of carbonyl (C=O) groups excluding carboxylic acids is 2. The van der Waals surface area contributed by atoms with Crippen molar-refractivity contribution < 1.29 is 14.0 Å². The molecule has 0 aromatic heterocycles. The van der Waals surface area contributed by atoms with E-state index in [0.29, 0.717) is 26.2 Å². The van der Waals surface area contributed by atoms with Crippen molar-refractivity contribution >= 4 is 29.0 Å². The van der Waals surface area contributed by atoms with Gasteiger partial charge in [-0.1, -0.05) is 26.0 Å². The van der Waals surface area contributed by atoms with Crippen molar-refractivity contribution in [2.75, 3.05) is 48.3 Å². The molecule has 0 atom stereocenters. The van der Waals surface area contributed by atoms with Gasteiger partial charge in [0.2, 0.25) is 5.91 Å². The molecule has 2 aromatic carbocycles. The van der Waals surface area contributed by atoms with E-state index in [0.717, 1.165) is 11.4 Å². The normalized spacial score (nSPS) is 14.0. The van der Waals surface area contributed by atoms with Gasteiger partial charge in [-0.05, 0) is 36.4 Å². The van der Waals surface area contributed by atoms with Gasteiger partial charge in [-0.25, -0.2) is 9.18 Å². The lowest BCUT2D eigenvalue weighted by molar-refractivity contribution is -0.115. The van der Waals surface area contributed by atoms with E-state index in [1.807, 2.05) is 38.1 Å². The summed E-state index contributed by atoms with van der Waals surface area (Å²) in [5.41, 5.74) is 1.96. The molecular weight excluding hydrogens is 385 g/mol. The Bertz CT molecular complexity index is 864. The maximum absolute atomic E-state index is 13.7. The lowest BCUT2D eigenvalue weighted by Gasteiger charge is -2.36. The summed E-state index contributed by atoms with van der Waals surface area (Å²) in [6, 6.07) is 13.8. The Hall–Kier alpha value is -3.13. The third-order valence-corrected chi connectivity index (χ3v) is 4.87. The Balaban J connectivity index is 1.48. The van der Waals surface area contributed by atoms with Gasteiger partial charge in [0, 0.05) is 43.6 Å². The number of piperazine rings is 1. The lowest BCUT2D eigenvalue weighted by Crippen LogP contribution is -2.50. The molecule has 1 heterocycles. The highest BCUT2D eigenvalue weighted by atomic mass is 19.1. The van der Waals surface area contributed by atoms with Crippen molar-refractivity contribution in [1.29, 1.82) is 0 Å². The molecule has 3 rings (SSSR count). The molecule has 8 heteroatoms. The van der Waals surface area contributed by atoms with Crippen LogP contribution in [0.2, 0.25) is 0 Å². The number of hydrogen-bond acceptors (Lipinski definition) is 4. The molecule has 30 heavy (non-hydrogen) atoms. The van der Waals surface area contributed by atoms with Crippen molar-refractivity contribution in [3.8, 4) is 0 Å². The average Bonchev–Trinajstić information content (AvgIpc) is 2.74. The summed E-state index contributed by atoms with van der Waals surface area (Å²) in [4.78, 5) is 28.2. The number of carbonyl (C=O) groups is 2. The van der Waals surface area contributed by atoms with Crippen LogP contribution in [-0.4, -0.2) is 55.6 Å². The first-order valence-electron chi connectivity index (χ1n) is 10.1. The van der Waals surface area contributed by atoms with Gasteiger partial charge in [0.25, 0.3) is 0 Å². The summed E-state index contributed by atoms with van der Waals surface area (Å²) in [6.07, 6.45) is 0. The zero-order valence-electron chi connectivity index (χ0n) is 17.3. The monoisotopic (exact) mass is 413 g/mol. The van der Waals surface area contributed by atoms with Crippen LogP contribution in [0.25, 0.3) is 0 Å². The molecule has 2 aromatic rings. The molecule has 3 amide bonds. The minimum Gasteiger partial charge on any atom is -0.368 e. The Morgan fingerprint density at radius 2 is 1.63 bits per heavy atom. The number of anilines is 3. The Labute approximate surface area is 176 Å². The van der Waals surface area contributed by atoms with Crippen LogP contribution in [0.3, 0.4) is 0 Å². The van der Waals surface area contributed by atoms with E-state index in [-0.39, 0.29) is 30.2 Å². The SMILES string of the molecule is CC(C)NCC(=O)Nc1ccc(N2CCN(C(=O)Nc3ccccc3F)CC2)cc1. The molecule has 3 N–H and O–H groups in total. The summed E-state index contributed by atoms with van der Waals surface area (Å²) in [7, 11) is 0. The third kappa shape index (κ3) is 5.93. The molecule has 0 bridgehead atoms. The van der Waals surface area contributed by atoms with Gasteiger partial charge < -0.3 is 25.8 Å². The highest BCUT2D eigenvalue weighted by molar-refractivity contribution is 5.92. The van der Waals surface area contributed by atoms with E-state index in [1.165, 1.54) is 6.07 Å². The molecule has 7 nitrogen and oxygen atoms in total. The maximum atomic E-state index is 13.7. The molecule has 1 fully saturated rings. The van der Waals surface area contributed by atoms with Gasteiger partial charge in [-0.2, -0.15) is 0 Å². The molecule has 1 saturated heterocycles. The van der Waals surface area contributed by atoms with Crippen molar-refractivity contribution in [2.24, 2.45) is 0 Å². The second-order valence-corrected chi connectivity index (χ2v) is 7.51. The van der Waals surface area contributed by atoms with Crippen molar-refractivity contribution in [2.45, 2.75) is 19.9 Å². The van der Waals surface area contributed by atoms with Crippen LogP contribution < -0.4 is 20.9 Å². The number of amides is 3. The van der Waals surface area contributed by atoms with E-state index in [1.54, 1.807) is 23.1 Å². The fourth-order valence-electron chi connectivity index (χ4n) is 3.18. The van der Waals surface area contributed by atoms with E-state index < -0.39 is 5.82 Å². The van der Waals surface area contributed by atoms with Crippen LogP contribution in [0.4, 0.5) is 26.2 Å². The fraction of sp³-hybridized carbons (Fsp3) is 0.364. The topological polar surface area (TPSA) is 76.7 Å². The Kier molecular flexibility index (Phi) is 7.24. The number of benzene rings is 2. The van der Waals surface area contributed by atoms with Gasteiger partial charge in [0.05, 0.1) is 12.2 Å². The molecule has 1 aliphatic heterocycles. The number of nitrogens with zero attached hydrogens (tertiary/aromatic N) is 2. The van der Waals surface area contributed by atoms with Crippen molar-refractivity contribution in [3.63, 3.8) is 0 Å². The van der Waals surface area contributed by atoms with Crippen molar-refractivity contribution in [3.05, 3.63) is 54.3 Å². The van der Waals surface area contributed by atoms with E-state index >= 15 is 0 Å². The Morgan fingerprint density at radius 1 is 0.967 bits per heavy atom. The summed E-state index contributed by atoms with van der Waals surface area (Å²) in [6.45, 7) is 6.69. The molecule has 0 saturated carbocycles. The molecule has 160 valence electrons. The second kappa shape index (κ2) is 10.1. The molecule has 0 radical (unpaired) electrons. The quantitative estimate of drug-likeness (QED) is 0.680. The standard InChI is InChI=1S/C22H28FN5O2/c1-16(2)24-15-21(29)25-17-7-9-18(10-8-17)27-11-13-28(14-12-27)22(30)26-20-6-4-3-5-19(20)23/h3-10,16,24H,11-15H2,1-2H3,(H,25,29)(H,26,30). The van der Waals surface area contributed by atoms with Crippen molar-refractivity contribution in [1.82, 2.24) is 10.2 Å². The molecule has 1 aliphatic rings. The summed E-state index contributed by atoms with van der Waals surface area (Å²) in [5, 5.41) is 8.57. The van der Waals surface area contributed by atoms with Crippen LogP contribution >= 0.6 is 0 Å². The minimum atomic E-state index is -0.448. The summed E-state index contributed by atoms with van der Waals surface area (Å²) < 4.78 is 13.7. The average molecular weight is 413 g/mol. The molecule has 0 aliphatic carbocycles. The zero-order chi connectivity index (χ0) is 21.5. The fourth-order valence-corrected chi connectivity index (χ4v) is 3.18. The summed E-state index contributed by atoms with van der Waals surface area (Å²) in [5.74, 6) is -0.525. The third-order valence-electron chi connectivity index (χ3n) is 4.87. The van der Waals surface area contributed by atoms with Gasteiger partial charge >= 0.3 is 6.03 Å². The molecule has 0 unspecified atom stereocenters. The number of nitrogens with one attached hydrogen (secondary N) is 3. The maximum Gasteiger partial charge on any atom is 0.322 e. The largest absolute Gasteiger partial charge is 0.368 e. The predicted molar refractivity (Wildman–Crippen MR) is 117 cm³/mol. The molecular formula is C22H28FN5O2. The smallest absolute Gasteiger partial charge is 0.322 e. The number of para-hydroxylation sites is 1. The zero-order valence-corrected chi connectivity index (χ0v) is 17.3. The minimum absolute atomic E-state index is 0.0778. The van der Waals surface area contributed by atoms with Crippen LogP contribution in [0.1, 0.15) is 13.8 Å². The van der Waals surface area contributed by atoms with E-state index in [9.17, 15) is 14.0 Å². The number of urea groups is 1. The second-order valence-electron chi connectivity index (χ2n) is 7.51. The number of rotatable bonds is 6. The summed E-state index contributed by atoms with van der Waals surface area (Å²) >= 11 is 0. The Morgan fingerprint density at radius 3 is 2.27 bits per heavy atom. The highest BCUT2D eigenvalue weighted by Crippen LogP contribution is 2.20. The van der Waals surface area contributed by atoms with Crippen LogP contribution in [0.15, 0.2) is 48.5 Å². The van der Waals surface area contributed by atoms with E-state index in [2.05, 4.69) is 20.9 Å². The van der Waals surface area contributed by atoms with Gasteiger partial charge in [-0.15, -0.1) is 0 Å². The molecule has 0 spiro atoms. The van der Waals surface area contributed by atoms with Gasteiger partial charge in [0.15, 0.2) is 0 Å². The van der Waals surface area contributed by atoms with E-state index in [4.69, 9.17) is 0 Å². The van der Waals surface area contributed by atoms with Crippen LogP contribution in [0, 0.1) is 5.82 Å². The van der Waals surface area contributed by atoms with Crippen LogP contribution in [-0.2, 0) is 4.79 Å². The first-order valence-corrected chi connectivity index (χ1v) is 10.1. The lowest BCUT2D eigenvalue weighted by atomic mass is 10.2. The van der Waals surface area contributed by atoms with Gasteiger partial charge in [-0.3, -0.25) is 4.79 Å². The predicted octanol–water partition coefficient (Wildman–Crippen LogP) is 3.12. The highest BCUT2D eigenvalue weighted by Gasteiger charge is 2.22. The number of hydrogen-bond donors (Lipinski definition) is 3. The first-order chi connectivity index (χ1) is 14.4.